The average Bonchev–Trinajstić information content (AvgIpc) is 3.58. The third-order valence-electron chi connectivity index (χ3n) is 15.6. The first-order chi connectivity index (χ1) is 24.7. The van der Waals surface area contributed by atoms with E-state index in [1.54, 1.807) is 0 Å². The van der Waals surface area contributed by atoms with E-state index in [-0.39, 0.29) is 29.6 Å². The van der Waals surface area contributed by atoms with Crippen LogP contribution in [0.2, 0.25) is 0 Å². The molecule has 13 heteroatoms. The van der Waals surface area contributed by atoms with E-state index in [2.05, 4.69) is 33.8 Å². The molecule has 296 valence electrons. The quantitative estimate of drug-likeness (QED) is 0.193. The number of ether oxygens (including phenoxy) is 6. The lowest BCUT2D eigenvalue weighted by atomic mass is 9.47. The van der Waals surface area contributed by atoms with Gasteiger partial charge in [-0.25, -0.2) is 0 Å². The van der Waals surface area contributed by atoms with Crippen LogP contribution in [0.1, 0.15) is 85.5 Å². The predicted molar refractivity (Wildman–Crippen MR) is 183 cm³/mol. The minimum Gasteiger partial charge on any atom is -0.394 e. The zero-order valence-electron chi connectivity index (χ0n) is 31.0. The number of hydrogen-bond acceptors (Lipinski definition) is 13. The van der Waals surface area contributed by atoms with E-state index < -0.39 is 73.8 Å². The molecular formula is C39H62O13. The molecule has 7 N–H and O–H groups in total. The Labute approximate surface area is 306 Å². The van der Waals surface area contributed by atoms with Gasteiger partial charge < -0.3 is 64.2 Å². The summed E-state index contributed by atoms with van der Waals surface area (Å²) in [6.07, 6.45) is -2.78. The summed E-state index contributed by atoms with van der Waals surface area (Å²) in [4.78, 5) is 0. The molecule has 0 amide bonds. The van der Waals surface area contributed by atoms with E-state index in [0.29, 0.717) is 41.9 Å². The normalized spacial score (nSPS) is 57.5. The second-order valence-corrected chi connectivity index (χ2v) is 18.3. The highest BCUT2D eigenvalue weighted by atomic mass is 16.7. The largest absolute Gasteiger partial charge is 0.394 e. The van der Waals surface area contributed by atoms with Gasteiger partial charge in [-0.05, 0) is 91.8 Å². The summed E-state index contributed by atoms with van der Waals surface area (Å²) < 4.78 is 36.8. The Morgan fingerprint density at radius 2 is 1.52 bits per heavy atom. The van der Waals surface area contributed by atoms with Crippen molar-refractivity contribution in [1.82, 2.24) is 0 Å². The second kappa shape index (κ2) is 14.0. The van der Waals surface area contributed by atoms with Crippen LogP contribution < -0.4 is 0 Å². The van der Waals surface area contributed by atoms with Crippen molar-refractivity contribution in [3.8, 4) is 0 Å². The first kappa shape index (κ1) is 38.1. The molecule has 8 rings (SSSR count). The molecule has 13 nitrogen and oxygen atoms in total. The Hall–Kier alpha value is -0.780. The summed E-state index contributed by atoms with van der Waals surface area (Å²) in [5, 5.41) is 72.4. The zero-order valence-corrected chi connectivity index (χ0v) is 31.0. The van der Waals surface area contributed by atoms with Crippen LogP contribution in [0.25, 0.3) is 0 Å². The Morgan fingerprint density at radius 1 is 0.808 bits per heavy atom. The fourth-order valence-corrected chi connectivity index (χ4v) is 12.5. The van der Waals surface area contributed by atoms with Crippen LogP contribution in [-0.4, -0.2) is 135 Å². The van der Waals surface area contributed by atoms with Gasteiger partial charge in [0.05, 0.1) is 32.0 Å². The van der Waals surface area contributed by atoms with Gasteiger partial charge >= 0.3 is 0 Å². The van der Waals surface area contributed by atoms with Crippen LogP contribution in [0.15, 0.2) is 11.6 Å². The van der Waals surface area contributed by atoms with Crippen molar-refractivity contribution in [2.24, 2.45) is 46.3 Å². The Morgan fingerprint density at radius 3 is 2.23 bits per heavy atom. The fourth-order valence-electron chi connectivity index (χ4n) is 12.5. The number of aliphatic hydroxyl groups excluding tert-OH is 7. The molecule has 0 aromatic rings. The Balaban J connectivity index is 0.906. The number of aliphatic hydroxyl groups is 7. The topological polar surface area (TPSA) is 197 Å². The van der Waals surface area contributed by atoms with Crippen molar-refractivity contribution in [2.45, 2.75) is 165 Å². The molecule has 0 radical (unpaired) electrons. The van der Waals surface area contributed by atoms with Gasteiger partial charge in [-0.2, -0.15) is 0 Å². The molecule has 0 aromatic carbocycles. The molecule has 3 saturated carbocycles. The minimum absolute atomic E-state index is 0.0572. The first-order valence-corrected chi connectivity index (χ1v) is 20.0. The molecule has 21 unspecified atom stereocenters. The lowest BCUT2D eigenvalue weighted by Gasteiger charge is -2.58. The zero-order chi connectivity index (χ0) is 36.9. The number of fused-ring (bicyclic) bond motifs is 7. The van der Waals surface area contributed by atoms with Crippen molar-refractivity contribution in [2.75, 3.05) is 19.8 Å². The molecule has 21 atom stereocenters. The predicted octanol–water partition coefficient (Wildman–Crippen LogP) is 1.36. The van der Waals surface area contributed by atoms with Crippen molar-refractivity contribution in [1.29, 1.82) is 0 Å². The summed E-state index contributed by atoms with van der Waals surface area (Å²) in [7, 11) is 0. The van der Waals surface area contributed by atoms with Gasteiger partial charge in [0.2, 0.25) is 0 Å². The van der Waals surface area contributed by atoms with Crippen LogP contribution in [0.5, 0.6) is 0 Å². The summed E-state index contributed by atoms with van der Waals surface area (Å²) in [6.45, 7) is 9.45. The third kappa shape index (κ3) is 5.99. The maximum absolute atomic E-state index is 10.9. The molecule has 4 heterocycles. The number of hydrogen-bond donors (Lipinski definition) is 7. The lowest BCUT2D eigenvalue weighted by molar-refractivity contribution is -0.336. The van der Waals surface area contributed by atoms with Gasteiger partial charge in [-0.1, -0.05) is 39.3 Å². The van der Waals surface area contributed by atoms with Gasteiger partial charge in [0.25, 0.3) is 0 Å². The third-order valence-corrected chi connectivity index (χ3v) is 15.6. The van der Waals surface area contributed by atoms with Crippen molar-refractivity contribution in [3.63, 3.8) is 0 Å². The van der Waals surface area contributed by atoms with E-state index in [0.717, 1.165) is 38.7 Å². The van der Waals surface area contributed by atoms with Crippen LogP contribution in [0.3, 0.4) is 0 Å². The molecule has 4 saturated heterocycles. The summed E-state index contributed by atoms with van der Waals surface area (Å²) in [6, 6.07) is 0. The molecule has 4 aliphatic heterocycles. The maximum atomic E-state index is 10.9. The van der Waals surface area contributed by atoms with E-state index in [1.807, 2.05) is 0 Å². The highest BCUT2D eigenvalue weighted by Gasteiger charge is 2.68. The number of rotatable bonds is 6. The number of allylic oxidation sites excluding steroid dienone is 1. The van der Waals surface area contributed by atoms with E-state index >= 15 is 0 Å². The minimum atomic E-state index is -1.63. The molecule has 0 bridgehead atoms. The Kier molecular flexibility index (Phi) is 10.3. The lowest BCUT2D eigenvalue weighted by Crippen LogP contribution is -2.62. The monoisotopic (exact) mass is 738 g/mol. The SMILES string of the molecule is CC1CCC2(OC1)OC1CC3C4CC=C5CC(OC6OC(COC7OC(CO)C(O)C(O)C7O)C(O)C(O)C6O)CCC5(C)C4CCC3(C)C1C2C. The summed E-state index contributed by atoms with van der Waals surface area (Å²) >= 11 is 0. The maximum Gasteiger partial charge on any atom is 0.186 e. The van der Waals surface area contributed by atoms with Crippen molar-refractivity contribution < 1.29 is 64.2 Å². The summed E-state index contributed by atoms with van der Waals surface area (Å²) in [5.41, 5.74) is 1.70. The van der Waals surface area contributed by atoms with Crippen molar-refractivity contribution in [3.05, 3.63) is 11.6 Å². The van der Waals surface area contributed by atoms with Gasteiger partial charge in [0.1, 0.15) is 48.8 Å². The van der Waals surface area contributed by atoms with Crippen molar-refractivity contribution >= 4 is 0 Å². The van der Waals surface area contributed by atoms with Crippen LogP contribution in [0.4, 0.5) is 0 Å². The molecule has 1 spiro atoms. The first-order valence-electron chi connectivity index (χ1n) is 20.0. The van der Waals surface area contributed by atoms with E-state index in [1.165, 1.54) is 24.8 Å². The Bertz CT molecular complexity index is 1320. The highest BCUT2D eigenvalue weighted by Crippen LogP contribution is 2.70. The van der Waals surface area contributed by atoms with Gasteiger partial charge in [0.15, 0.2) is 18.4 Å². The fraction of sp³-hybridized carbons (Fsp3) is 0.949. The van der Waals surface area contributed by atoms with E-state index in [9.17, 15) is 35.7 Å². The standard InChI is InChI=1S/C39H62O13/c1-18-7-12-39(48-16-18)19(2)28-25(52-39)14-24-22-6-5-20-13-21(8-10-37(20,3)23(22)9-11-38(24,28)4)49-36-34(46)32(44)30(42)27(51-36)17-47-35-33(45)31(43)29(41)26(15-40)50-35/h5,18-19,21-36,40-46H,6-17H2,1-4H3. The summed E-state index contributed by atoms with van der Waals surface area (Å²) in [5.74, 6) is 2.92. The molecule has 0 aromatic heterocycles. The molecule has 4 aliphatic carbocycles. The van der Waals surface area contributed by atoms with Gasteiger partial charge in [-0.15, -0.1) is 0 Å². The second-order valence-electron chi connectivity index (χ2n) is 18.3. The smallest absolute Gasteiger partial charge is 0.186 e. The molecule has 8 aliphatic rings. The van der Waals surface area contributed by atoms with Gasteiger partial charge in [0, 0.05) is 12.3 Å². The van der Waals surface area contributed by atoms with Crippen LogP contribution in [-0.2, 0) is 28.4 Å². The highest BCUT2D eigenvalue weighted by molar-refractivity contribution is 5.26. The van der Waals surface area contributed by atoms with E-state index in [4.69, 9.17) is 28.4 Å². The molecular weight excluding hydrogens is 676 g/mol. The van der Waals surface area contributed by atoms with Gasteiger partial charge in [-0.3, -0.25) is 0 Å². The molecule has 52 heavy (non-hydrogen) atoms. The van der Waals surface area contributed by atoms with Crippen LogP contribution in [0, 0.1) is 46.3 Å². The average molecular weight is 739 g/mol. The molecule has 7 fully saturated rings. The van der Waals surface area contributed by atoms with Crippen LogP contribution >= 0.6 is 0 Å².